The molecule has 0 saturated heterocycles. The number of carbonyl (C=O) groups is 1. The number of nitrogens with zero attached hydrogens (tertiary/aromatic N) is 3. The Bertz CT molecular complexity index is 504. The fourth-order valence-corrected chi connectivity index (χ4v) is 1.55. The molecule has 0 radical (unpaired) electrons. The van der Waals surface area contributed by atoms with Crippen LogP contribution in [-0.4, -0.2) is 33.9 Å². The fourth-order valence-electron chi connectivity index (χ4n) is 1.55. The third kappa shape index (κ3) is 3.19. The van der Waals surface area contributed by atoms with E-state index >= 15 is 0 Å². The van der Waals surface area contributed by atoms with Crippen LogP contribution in [-0.2, 0) is 11.3 Å². The minimum Gasteiger partial charge on any atom is -0.478 e. The van der Waals surface area contributed by atoms with Crippen molar-refractivity contribution in [3.05, 3.63) is 34.8 Å². The van der Waals surface area contributed by atoms with E-state index < -0.39 is 5.97 Å². The summed E-state index contributed by atoms with van der Waals surface area (Å²) in [5.74, 6) is -1.13. The molecule has 18 heavy (non-hydrogen) atoms. The van der Waals surface area contributed by atoms with Crippen molar-refractivity contribution < 1.29 is 9.90 Å². The van der Waals surface area contributed by atoms with Crippen molar-refractivity contribution >= 4 is 11.7 Å². The number of hydrogen-bond acceptors (Lipinski definition) is 4. The zero-order valence-electron chi connectivity index (χ0n) is 10.6. The Morgan fingerprint density at radius 2 is 2.11 bits per heavy atom. The molecule has 6 nitrogen and oxygen atoms in total. The molecule has 0 spiro atoms. The lowest BCUT2D eigenvalue weighted by molar-refractivity contribution is -0.132. The lowest BCUT2D eigenvalue weighted by Crippen LogP contribution is -2.28. The molecule has 1 heterocycles. The molecule has 0 atom stereocenters. The SMILES string of the molecule is C=C(Cn1ncc(N(CC)CC)cc1=O)C(=O)O. The minimum absolute atomic E-state index is 0.0693. The normalized spacial score (nSPS) is 10.1. The van der Waals surface area contributed by atoms with Gasteiger partial charge < -0.3 is 10.0 Å². The van der Waals surface area contributed by atoms with Gasteiger partial charge in [0.15, 0.2) is 0 Å². The highest BCUT2D eigenvalue weighted by Gasteiger charge is 2.09. The van der Waals surface area contributed by atoms with Gasteiger partial charge in [-0.15, -0.1) is 0 Å². The number of hydrogen-bond donors (Lipinski definition) is 1. The van der Waals surface area contributed by atoms with Gasteiger partial charge in [0, 0.05) is 19.2 Å². The van der Waals surface area contributed by atoms with E-state index in [2.05, 4.69) is 11.7 Å². The number of carboxylic acid groups (broad SMARTS) is 1. The van der Waals surface area contributed by atoms with Crippen molar-refractivity contribution in [3.63, 3.8) is 0 Å². The summed E-state index contributed by atoms with van der Waals surface area (Å²) in [6.45, 7) is 8.80. The van der Waals surface area contributed by atoms with Gasteiger partial charge in [0.2, 0.25) is 0 Å². The Labute approximate surface area is 105 Å². The lowest BCUT2D eigenvalue weighted by atomic mass is 10.3. The first kappa shape index (κ1) is 14.0. The summed E-state index contributed by atoms with van der Waals surface area (Å²) >= 11 is 0. The van der Waals surface area contributed by atoms with Gasteiger partial charge in [0.1, 0.15) is 0 Å². The number of carboxylic acids is 1. The van der Waals surface area contributed by atoms with Crippen LogP contribution in [0.3, 0.4) is 0 Å². The van der Waals surface area contributed by atoms with E-state index in [-0.39, 0.29) is 17.7 Å². The fraction of sp³-hybridized carbons (Fsp3) is 0.417. The Morgan fingerprint density at radius 1 is 1.50 bits per heavy atom. The van der Waals surface area contributed by atoms with Crippen LogP contribution >= 0.6 is 0 Å². The molecule has 0 aliphatic heterocycles. The molecule has 0 aliphatic rings. The number of anilines is 1. The molecule has 0 aromatic carbocycles. The smallest absolute Gasteiger partial charge is 0.332 e. The molecular weight excluding hydrogens is 234 g/mol. The number of rotatable bonds is 6. The summed E-state index contributed by atoms with van der Waals surface area (Å²) < 4.78 is 1.09. The van der Waals surface area contributed by atoms with Crippen molar-refractivity contribution in [1.82, 2.24) is 9.78 Å². The van der Waals surface area contributed by atoms with Gasteiger partial charge in [-0.3, -0.25) is 4.79 Å². The number of aromatic nitrogens is 2. The first-order chi connectivity index (χ1) is 8.49. The van der Waals surface area contributed by atoms with E-state index in [0.29, 0.717) is 0 Å². The molecule has 0 saturated carbocycles. The highest BCUT2D eigenvalue weighted by Crippen LogP contribution is 2.08. The van der Waals surface area contributed by atoms with Crippen LogP contribution in [0.5, 0.6) is 0 Å². The van der Waals surface area contributed by atoms with Crippen LogP contribution in [0.1, 0.15) is 13.8 Å². The topological polar surface area (TPSA) is 75.4 Å². The van der Waals surface area contributed by atoms with Crippen LogP contribution in [0, 0.1) is 0 Å². The molecule has 0 fully saturated rings. The molecule has 6 heteroatoms. The largest absolute Gasteiger partial charge is 0.478 e. The molecule has 1 aromatic heterocycles. The van der Waals surface area contributed by atoms with Gasteiger partial charge in [-0.2, -0.15) is 5.10 Å². The molecule has 0 unspecified atom stereocenters. The van der Waals surface area contributed by atoms with Crippen molar-refractivity contribution in [1.29, 1.82) is 0 Å². The van der Waals surface area contributed by atoms with Gasteiger partial charge >= 0.3 is 5.97 Å². The quantitative estimate of drug-likeness (QED) is 0.754. The molecular formula is C12H17N3O3. The van der Waals surface area contributed by atoms with Crippen molar-refractivity contribution in [3.8, 4) is 0 Å². The van der Waals surface area contributed by atoms with Crippen molar-refractivity contribution in [2.45, 2.75) is 20.4 Å². The summed E-state index contributed by atoms with van der Waals surface area (Å²) in [4.78, 5) is 24.4. The van der Waals surface area contributed by atoms with Gasteiger partial charge in [0.05, 0.1) is 24.0 Å². The van der Waals surface area contributed by atoms with E-state index in [4.69, 9.17) is 5.11 Å². The van der Waals surface area contributed by atoms with E-state index in [9.17, 15) is 9.59 Å². The minimum atomic E-state index is -1.13. The molecule has 1 N–H and O–H groups in total. The van der Waals surface area contributed by atoms with Crippen molar-refractivity contribution in [2.75, 3.05) is 18.0 Å². The standard InChI is InChI=1S/C12H17N3O3/c1-4-14(5-2)10-6-11(16)15(13-7-10)8-9(3)12(17)18/h6-7H,3-5,8H2,1-2H3,(H,17,18). The first-order valence-corrected chi connectivity index (χ1v) is 5.72. The molecule has 1 rings (SSSR count). The van der Waals surface area contributed by atoms with E-state index in [1.807, 2.05) is 18.7 Å². The van der Waals surface area contributed by atoms with E-state index in [0.717, 1.165) is 23.5 Å². The van der Waals surface area contributed by atoms with Crippen molar-refractivity contribution in [2.24, 2.45) is 0 Å². The molecule has 98 valence electrons. The van der Waals surface area contributed by atoms with Gasteiger partial charge in [-0.1, -0.05) is 6.58 Å². The number of aliphatic carboxylic acids is 1. The third-order valence-electron chi connectivity index (χ3n) is 2.63. The van der Waals surface area contributed by atoms with Gasteiger partial charge in [-0.05, 0) is 13.8 Å². The highest BCUT2D eigenvalue weighted by molar-refractivity contribution is 5.85. The van der Waals surface area contributed by atoms with Crippen LogP contribution < -0.4 is 10.5 Å². The Morgan fingerprint density at radius 3 is 2.56 bits per heavy atom. The summed E-state index contributed by atoms with van der Waals surface area (Å²) in [7, 11) is 0. The van der Waals surface area contributed by atoms with E-state index in [1.54, 1.807) is 6.20 Å². The van der Waals surface area contributed by atoms with Gasteiger partial charge in [-0.25, -0.2) is 9.48 Å². The second-order valence-corrected chi connectivity index (χ2v) is 3.79. The predicted molar refractivity (Wildman–Crippen MR) is 68.8 cm³/mol. The Kier molecular flexibility index (Phi) is 4.65. The average Bonchev–Trinajstić information content (AvgIpc) is 2.33. The van der Waals surface area contributed by atoms with Crippen LogP contribution in [0.15, 0.2) is 29.2 Å². The summed E-state index contributed by atoms with van der Waals surface area (Å²) in [6.07, 6.45) is 1.56. The van der Waals surface area contributed by atoms with E-state index in [1.165, 1.54) is 6.07 Å². The third-order valence-corrected chi connectivity index (χ3v) is 2.63. The maximum absolute atomic E-state index is 11.8. The van der Waals surface area contributed by atoms with Gasteiger partial charge in [0.25, 0.3) is 5.56 Å². The lowest BCUT2D eigenvalue weighted by Gasteiger charge is -2.20. The zero-order valence-corrected chi connectivity index (χ0v) is 10.6. The van der Waals surface area contributed by atoms with Crippen LogP contribution in [0.2, 0.25) is 0 Å². The highest BCUT2D eigenvalue weighted by atomic mass is 16.4. The Hall–Kier alpha value is -2.11. The summed E-state index contributed by atoms with van der Waals surface area (Å²) in [5.41, 5.74) is 0.337. The van der Waals surface area contributed by atoms with Crippen LogP contribution in [0.4, 0.5) is 5.69 Å². The predicted octanol–water partition coefficient (Wildman–Crippen LogP) is 0.730. The summed E-state index contributed by atoms with van der Waals surface area (Å²) in [5, 5.41) is 12.7. The second-order valence-electron chi connectivity index (χ2n) is 3.79. The maximum Gasteiger partial charge on any atom is 0.332 e. The summed E-state index contributed by atoms with van der Waals surface area (Å²) in [6, 6.07) is 1.45. The molecule has 0 amide bonds. The zero-order chi connectivity index (χ0) is 13.7. The average molecular weight is 251 g/mol. The monoisotopic (exact) mass is 251 g/mol. The second kappa shape index (κ2) is 6.00. The molecule has 0 bridgehead atoms. The first-order valence-electron chi connectivity index (χ1n) is 5.72. The molecule has 1 aromatic rings. The Balaban J connectivity index is 2.96. The molecule has 0 aliphatic carbocycles. The van der Waals surface area contributed by atoms with Crippen LogP contribution in [0.25, 0.3) is 0 Å². The maximum atomic E-state index is 11.8.